The molecule has 0 aromatic heterocycles. The maximum Gasteiger partial charge on any atom is 0.229 e. The number of rotatable bonds is 4. The molecule has 1 fully saturated rings. The molecule has 3 N–H and O–H groups in total. The summed E-state index contributed by atoms with van der Waals surface area (Å²) in [6.07, 6.45) is 5.03. The Morgan fingerprint density at radius 1 is 1.40 bits per heavy atom. The van der Waals surface area contributed by atoms with Gasteiger partial charge in [-0.3, -0.25) is 4.79 Å². The molecule has 1 amide bonds. The summed E-state index contributed by atoms with van der Waals surface area (Å²) in [6, 6.07) is 0.247. The van der Waals surface area contributed by atoms with Gasteiger partial charge >= 0.3 is 0 Å². The lowest BCUT2D eigenvalue weighted by molar-refractivity contribution is -0.123. The van der Waals surface area contributed by atoms with E-state index in [1.807, 2.05) is 0 Å². The van der Waals surface area contributed by atoms with E-state index in [4.69, 9.17) is 18.0 Å². The molecule has 3 nitrogen and oxygen atoms in total. The quantitative estimate of drug-likeness (QED) is 0.719. The van der Waals surface area contributed by atoms with Crippen molar-refractivity contribution in [1.82, 2.24) is 5.32 Å². The van der Waals surface area contributed by atoms with Gasteiger partial charge in [-0.1, -0.05) is 25.1 Å². The molecule has 1 aliphatic carbocycles. The summed E-state index contributed by atoms with van der Waals surface area (Å²) < 4.78 is 0. The van der Waals surface area contributed by atoms with Crippen LogP contribution in [0.25, 0.3) is 0 Å². The third kappa shape index (κ3) is 3.45. The van der Waals surface area contributed by atoms with Crippen molar-refractivity contribution >= 4 is 23.1 Å². The second-order valence-corrected chi connectivity index (χ2v) is 4.94. The fourth-order valence-electron chi connectivity index (χ4n) is 2.05. The number of thiocarbonyl (C=S) groups is 1. The third-order valence-corrected chi connectivity index (χ3v) is 3.65. The van der Waals surface area contributed by atoms with Crippen LogP contribution in [0.1, 0.15) is 39.5 Å². The highest BCUT2D eigenvalue weighted by molar-refractivity contribution is 7.80. The van der Waals surface area contributed by atoms with E-state index in [1.165, 1.54) is 25.7 Å². The van der Waals surface area contributed by atoms with Crippen molar-refractivity contribution in [2.45, 2.75) is 45.6 Å². The Morgan fingerprint density at radius 2 is 1.93 bits per heavy atom. The Morgan fingerprint density at radius 3 is 2.40 bits per heavy atom. The molecule has 2 atom stereocenters. The number of carbonyl (C=O) groups excluding carboxylic acids is 1. The fourth-order valence-corrected chi connectivity index (χ4v) is 2.16. The van der Waals surface area contributed by atoms with Gasteiger partial charge in [0.1, 0.15) is 0 Å². The molecular weight excluding hydrogens is 208 g/mol. The van der Waals surface area contributed by atoms with Crippen molar-refractivity contribution in [1.29, 1.82) is 0 Å². The predicted molar refractivity (Wildman–Crippen MR) is 65.5 cm³/mol. The first-order chi connectivity index (χ1) is 7.02. The molecule has 15 heavy (non-hydrogen) atoms. The van der Waals surface area contributed by atoms with E-state index in [2.05, 4.69) is 12.2 Å². The van der Waals surface area contributed by atoms with E-state index < -0.39 is 0 Å². The van der Waals surface area contributed by atoms with Crippen LogP contribution in [0.15, 0.2) is 0 Å². The molecule has 1 aliphatic rings. The number of nitrogens with two attached hydrogens (primary N) is 1. The lowest BCUT2D eigenvalue weighted by Gasteiger charge is -2.22. The van der Waals surface area contributed by atoms with Crippen LogP contribution in [0.4, 0.5) is 0 Å². The van der Waals surface area contributed by atoms with Crippen molar-refractivity contribution in [3.05, 3.63) is 0 Å². The van der Waals surface area contributed by atoms with E-state index >= 15 is 0 Å². The minimum Gasteiger partial charge on any atom is -0.393 e. The molecule has 86 valence electrons. The second-order valence-electron chi connectivity index (χ2n) is 4.47. The molecule has 0 aliphatic heterocycles. The van der Waals surface area contributed by atoms with Gasteiger partial charge in [-0.05, 0) is 32.6 Å². The van der Waals surface area contributed by atoms with Gasteiger partial charge < -0.3 is 11.1 Å². The highest BCUT2D eigenvalue weighted by Crippen LogP contribution is 2.27. The molecule has 0 aromatic carbocycles. The molecule has 0 saturated heterocycles. The lowest BCUT2D eigenvalue weighted by atomic mass is 9.99. The third-order valence-electron chi connectivity index (χ3n) is 3.30. The Balaban J connectivity index is 2.39. The fraction of sp³-hybridized carbons (Fsp3) is 0.818. The molecule has 0 heterocycles. The molecule has 0 aromatic rings. The summed E-state index contributed by atoms with van der Waals surface area (Å²) in [4.78, 5) is 11.9. The molecule has 4 heteroatoms. The van der Waals surface area contributed by atoms with Gasteiger partial charge in [0.25, 0.3) is 0 Å². The van der Waals surface area contributed by atoms with E-state index in [0.29, 0.717) is 5.92 Å². The number of carbonyl (C=O) groups is 1. The maximum absolute atomic E-state index is 11.7. The summed E-state index contributed by atoms with van der Waals surface area (Å²) >= 11 is 4.80. The van der Waals surface area contributed by atoms with Gasteiger partial charge in [0.2, 0.25) is 5.91 Å². The largest absolute Gasteiger partial charge is 0.393 e. The van der Waals surface area contributed by atoms with E-state index in [0.717, 1.165) is 0 Å². The van der Waals surface area contributed by atoms with Gasteiger partial charge in [0, 0.05) is 6.04 Å². The van der Waals surface area contributed by atoms with Gasteiger partial charge in [-0.2, -0.15) is 0 Å². The monoisotopic (exact) mass is 228 g/mol. The molecule has 0 spiro atoms. The smallest absolute Gasteiger partial charge is 0.229 e. The van der Waals surface area contributed by atoms with E-state index in [9.17, 15) is 4.79 Å². The average molecular weight is 228 g/mol. The zero-order chi connectivity index (χ0) is 11.4. The topological polar surface area (TPSA) is 55.1 Å². The minimum atomic E-state index is -0.358. The number of hydrogen-bond donors (Lipinski definition) is 2. The van der Waals surface area contributed by atoms with Crippen LogP contribution in [0.2, 0.25) is 0 Å². The van der Waals surface area contributed by atoms with Crippen LogP contribution in [0, 0.1) is 11.8 Å². The van der Waals surface area contributed by atoms with Crippen LogP contribution in [0.5, 0.6) is 0 Å². The van der Waals surface area contributed by atoms with Crippen LogP contribution in [-0.2, 0) is 4.79 Å². The van der Waals surface area contributed by atoms with Crippen molar-refractivity contribution in [2.24, 2.45) is 17.6 Å². The standard InChI is InChI=1S/C11H20N2OS/c1-7(10(12)15)11(14)13-8(2)9-5-3-4-6-9/h7-9H,3-6H2,1-2H3,(H2,12,15)(H,13,14). The Kier molecular flexibility index (Phi) is 4.51. The second kappa shape index (κ2) is 5.45. The Hall–Kier alpha value is -0.640. The van der Waals surface area contributed by atoms with Crippen LogP contribution in [-0.4, -0.2) is 16.9 Å². The summed E-state index contributed by atoms with van der Waals surface area (Å²) in [5.41, 5.74) is 5.44. The minimum absolute atomic E-state index is 0.0399. The highest BCUT2D eigenvalue weighted by Gasteiger charge is 2.24. The van der Waals surface area contributed by atoms with E-state index in [-0.39, 0.29) is 22.9 Å². The zero-order valence-electron chi connectivity index (χ0n) is 9.45. The summed E-state index contributed by atoms with van der Waals surface area (Å²) in [5.74, 6) is 0.234. The Labute approximate surface area is 96.8 Å². The van der Waals surface area contributed by atoms with Crippen molar-refractivity contribution in [3.8, 4) is 0 Å². The molecule has 1 rings (SSSR count). The summed E-state index contributed by atoms with van der Waals surface area (Å²) in [7, 11) is 0. The number of amides is 1. The molecular formula is C11H20N2OS. The average Bonchev–Trinajstić information content (AvgIpc) is 2.68. The lowest BCUT2D eigenvalue weighted by Crippen LogP contribution is -2.43. The first kappa shape index (κ1) is 12.4. The maximum atomic E-state index is 11.7. The first-order valence-corrected chi connectivity index (χ1v) is 6.03. The first-order valence-electron chi connectivity index (χ1n) is 5.62. The van der Waals surface area contributed by atoms with Crippen molar-refractivity contribution in [3.63, 3.8) is 0 Å². The summed E-state index contributed by atoms with van der Waals surface area (Å²) in [6.45, 7) is 3.82. The molecule has 0 bridgehead atoms. The summed E-state index contributed by atoms with van der Waals surface area (Å²) in [5, 5.41) is 3.00. The molecule has 0 radical (unpaired) electrons. The normalized spacial score (nSPS) is 20.9. The van der Waals surface area contributed by atoms with Crippen LogP contribution < -0.4 is 11.1 Å². The van der Waals surface area contributed by atoms with Crippen LogP contribution in [0.3, 0.4) is 0 Å². The Bertz CT molecular complexity index is 249. The SMILES string of the molecule is CC(C(=O)NC(C)C1CCCC1)C(N)=S. The number of hydrogen-bond acceptors (Lipinski definition) is 2. The van der Waals surface area contributed by atoms with E-state index in [1.54, 1.807) is 6.92 Å². The van der Waals surface area contributed by atoms with Gasteiger partial charge in [0.05, 0.1) is 10.9 Å². The van der Waals surface area contributed by atoms with Crippen molar-refractivity contribution in [2.75, 3.05) is 0 Å². The van der Waals surface area contributed by atoms with Gasteiger partial charge in [0.15, 0.2) is 0 Å². The molecule has 1 saturated carbocycles. The van der Waals surface area contributed by atoms with Gasteiger partial charge in [-0.25, -0.2) is 0 Å². The highest BCUT2D eigenvalue weighted by atomic mass is 32.1. The predicted octanol–water partition coefficient (Wildman–Crippen LogP) is 1.60. The number of nitrogens with one attached hydrogen (secondary N) is 1. The van der Waals surface area contributed by atoms with Gasteiger partial charge in [-0.15, -0.1) is 0 Å². The zero-order valence-corrected chi connectivity index (χ0v) is 10.3. The van der Waals surface area contributed by atoms with Crippen LogP contribution >= 0.6 is 12.2 Å². The molecule has 2 unspecified atom stereocenters. The van der Waals surface area contributed by atoms with Crippen molar-refractivity contribution < 1.29 is 4.79 Å².